The van der Waals surface area contributed by atoms with Crippen LogP contribution >= 0.6 is 0 Å². The summed E-state index contributed by atoms with van der Waals surface area (Å²) in [7, 11) is 0. The minimum atomic E-state index is -0.638. The molecule has 0 spiro atoms. The average molecular weight is 386 g/mol. The van der Waals surface area contributed by atoms with Gasteiger partial charge in [0, 0.05) is 45.5 Å². The van der Waals surface area contributed by atoms with Gasteiger partial charge in [0.25, 0.3) is 11.8 Å². The Balaban J connectivity index is 1.28. The zero-order valence-electron chi connectivity index (χ0n) is 16.3. The van der Waals surface area contributed by atoms with Crippen molar-refractivity contribution in [1.29, 1.82) is 0 Å². The summed E-state index contributed by atoms with van der Waals surface area (Å²) < 4.78 is 11.4. The van der Waals surface area contributed by atoms with Crippen LogP contribution in [0.15, 0.2) is 30.4 Å². The second kappa shape index (κ2) is 8.46. The molecule has 0 bridgehead atoms. The highest BCUT2D eigenvalue weighted by Gasteiger charge is 2.31. The lowest BCUT2D eigenvalue weighted by Gasteiger charge is -2.16. The van der Waals surface area contributed by atoms with Gasteiger partial charge in [-0.25, -0.2) is 0 Å². The molecule has 3 rings (SSSR count). The third-order valence-corrected chi connectivity index (χ3v) is 4.64. The standard InChI is InChI=1S/C21H26N2O5/c1-21(2)27-16-8-7-15(14-17(16)28-21)11-12-22-18(24)6-4-3-5-13-23-19(25)9-10-20(23)26/h7-10,14H,3-6,11-13H2,1-2H3,(H,22,24). The number of unbranched alkanes of at least 4 members (excludes halogenated alkanes) is 2. The molecule has 1 N–H and O–H groups in total. The molecular weight excluding hydrogens is 360 g/mol. The van der Waals surface area contributed by atoms with Crippen molar-refractivity contribution in [3.8, 4) is 11.5 Å². The van der Waals surface area contributed by atoms with E-state index in [1.807, 2.05) is 32.0 Å². The third-order valence-electron chi connectivity index (χ3n) is 4.64. The molecule has 0 unspecified atom stereocenters. The zero-order chi connectivity index (χ0) is 20.1. The molecule has 2 aliphatic heterocycles. The first-order valence-electron chi connectivity index (χ1n) is 9.65. The normalized spacial score (nSPS) is 16.7. The second-order valence-corrected chi connectivity index (χ2v) is 7.46. The predicted molar refractivity (Wildman–Crippen MR) is 103 cm³/mol. The summed E-state index contributed by atoms with van der Waals surface area (Å²) in [5.41, 5.74) is 1.08. The summed E-state index contributed by atoms with van der Waals surface area (Å²) in [6.45, 7) is 4.70. The molecule has 1 aromatic carbocycles. The van der Waals surface area contributed by atoms with E-state index in [1.54, 1.807) is 0 Å². The van der Waals surface area contributed by atoms with Gasteiger partial charge in [-0.2, -0.15) is 0 Å². The lowest BCUT2D eigenvalue weighted by atomic mass is 10.1. The van der Waals surface area contributed by atoms with E-state index < -0.39 is 5.79 Å². The number of nitrogens with zero attached hydrogens (tertiary/aromatic N) is 1. The molecule has 0 radical (unpaired) electrons. The largest absolute Gasteiger partial charge is 0.449 e. The lowest BCUT2D eigenvalue weighted by molar-refractivity contribution is -0.137. The fourth-order valence-corrected chi connectivity index (χ4v) is 3.24. The van der Waals surface area contributed by atoms with Gasteiger partial charge < -0.3 is 14.8 Å². The van der Waals surface area contributed by atoms with E-state index in [-0.39, 0.29) is 17.7 Å². The van der Waals surface area contributed by atoms with E-state index in [9.17, 15) is 14.4 Å². The smallest absolute Gasteiger partial charge is 0.253 e. The van der Waals surface area contributed by atoms with Gasteiger partial charge in [0.2, 0.25) is 11.7 Å². The molecule has 150 valence electrons. The van der Waals surface area contributed by atoms with E-state index in [4.69, 9.17) is 9.47 Å². The van der Waals surface area contributed by atoms with Crippen molar-refractivity contribution in [2.75, 3.05) is 13.1 Å². The zero-order valence-corrected chi connectivity index (χ0v) is 16.3. The quantitative estimate of drug-likeness (QED) is 0.520. The minimum absolute atomic E-state index is 0.0110. The Morgan fingerprint density at radius 3 is 2.50 bits per heavy atom. The number of benzene rings is 1. The maximum atomic E-state index is 11.9. The number of hydrogen-bond donors (Lipinski definition) is 1. The van der Waals surface area contributed by atoms with Crippen LogP contribution in [0.25, 0.3) is 0 Å². The highest BCUT2D eigenvalue weighted by molar-refractivity contribution is 6.12. The van der Waals surface area contributed by atoms with Gasteiger partial charge in [-0.15, -0.1) is 0 Å². The fourth-order valence-electron chi connectivity index (χ4n) is 3.24. The van der Waals surface area contributed by atoms with Crippen molar-refractivity contribution in [3.05, 3.63) is 35.9 Å². The molecule has 3 amide bonds. The van der Waals surface area contributed by atoms with Gasteiger partial charge in [-0.3, -0.25) is 19.3 Å². The topological polar surface area (TPSA) is 84.9 Å². The van der Waals surface area contributed by atoms with E-state index in [0.717, 1.165) is 36.3 Å². The molecule has 2 aliphatic rings. The van der Waals surface area contributed by atoms with E-state index in [0.29, 0.717) is 25.9 Å². The predicted octanol–water partition coefficient (Wildman–Crippen LogP) is 2.34. The molecule has 7 heteroatoms. The van der Waals surface area contributed by atoms with E-state index >= 15 is 0 Å². The molecule has 0 atom stereocenters. The summed E-state index contributed by atoms with van der Waals surface area (Å²) in [6, 6.07) is 5.82. The van der Waals surface area contributed by atoms with Gasteiger partial charge in [0.1, 0.15) is 0 Å². The average Bonchev–Trinajstić information content (AvgIpc) is 3.12. The fraction of sp³-hybridized carbons (Fsp3) is 0.476. The Bertz CT molecular complexity index is 782. The Morgan fingerprint density at radius 1 is 1.04 bits per heavy atom. The van der Waals surface area contributed by atoms with Gasteiger partial charge in [0.05, 0.1) is 0 Å². The number of amides is 3. The second-order valence-electron chi connectivity index (χ2n) is 7.46. The van der Waals surface area contributed by atoms with Crippen LogP contribution in [-0.2, 0) is 20.8 Å². The molecule has 0 fully saturated rings. The summed E-state index contributed by atoms with van der Waals surface area (Å²) in [6.07, 6.45) is 5.97. The highest BCUT2D eigenvalue weighted by Crippen LogP contribution is 2.39. The Hall–Kier alpha value is -2.83. The number of carbonyl (C=O) groups is 3. The number of rotatable bonds is 9. The van der Waals surface area contributed by atoms with Crippen LogP contribution in [0.3, 0.4) is 0 Å². The van der Waals surface area contributed by atoms with Crippen LogP contribution < -0.4 is 14.8 Å². The summed E-state index contributed by atoms with van der Waals surface area (Å²) in [4.78, 5) is 36.0. The summed E-state index contributed by atoms with van der Waals surface area (Å²) in [5.74, 6) is 0.340. The molecule has 0 saturated carbocycles. The molecule has 2 heterocycles. The monoisotopic (exact) mass is 386 g/mol. The number of fused-ring (bicyclic) bond motifs is 1. The van der Waals surface area contributed by atoms with Crippen molar-refractivity contribution < 1.29 is 23.9 Å². The van der Waals surface area contributed by atoms with E-state index in [2.05, 4.69) is 5.32 Å². The number of ether oxygens (including phenoxy) is 2. The molecule has 1 aromatic rings. The van der Waals surface area contributed by atoms with Crippen molar-refractivity contribution in [2.24, 2.45) is 0 Å². The summed E-state index contributed by atoms with van der Waals surface area (Å²) >= 11 is 0. The maximum Gasteiger partial charge on any atom is 0.253 e. The Morgan fingerprint density at radius 2 is 1.75 bits per heavy atom. The first-order valence-corrected chi connectivity index (χ1v) is 9.65. The van der Waals surface area contributed by atoms with Gasteiger partial charge in [-0.05, 0) is 37.0 Å². The molecule has 7 nitrogen and oxygen atoms in total. The van der Waals surface area contributed by atoms with Crippen LogP contribution in [0.4, 0.5) is 0 Å². The van der Waals surface area contributed by atoms with Crippen LogP contribution in [0.1, 0.15) is 45.1 Å². The van der Waals surface area contributed by atoms with Crippen molar-refractivity contribution in [1.82, 2.24) is 10.2 Å². The van der Waals surface area contributed by atoms with Gasteiger partial charge in [-0.1, -0.05) is 12.5 Å². The molecular formula is C21H26N2O5. The maximum absolute atomic E-state index is 11.9. The van der Waals surface area contributed by atoms with Crippen LogP contribution in [0.5, 0.6) is 11.5 Å². The lowest BCUT2D eigenvalue weighted by Crippen LogP contribution is -2.30. The van der Waals surface area contributed by atoms with Gasteiger partial charge >= 0.3 is 0 Å². The Kier molecular flexibility index (Phi) is 6.02. The molecule has 0 aliphatic carbocycles. The van der Waals surface area contributed by atoms with Crippen LogP contribution in [0.2, 0.25) is 0 Å². The number of carbonyl (C=O) groups excluding carboxylic acids is 3. The number of imide groups is 1. The van der Waals surface area contributed by atoms with Crippen molar-refractivity contribution in [3.63, 3.8) is 0 Å². The highest BCUT2D eigenvalue weighted by atomic mass is 16.7. The molecule has 0 aromatic heterocycles. The first kappa shape index (κ1) is 19.9. The third kappa shape index (κ3) is 5.12. The van der Waals surface area contributed by atoms with Crippen LogP contribution in [-0.4, -0.2) is 41.5 Å². The SMILES string of the molecule is CC1(C)Oc2ccc(CCNC(=O)CCCCCN3C(=O)C=CC3=O)cc2O1. The number of hydrogen-bond acceptors (Lipinski definition) is 5. The Labute approximate surface area is 164 Å². The minimum Gasteiger partial charge on any atom is -0.449 e. The molecule has 28 heavy (non-hydrogen) atoms. The van der Waals surface area contributed by atoms with Crippen LogP contribution in [0, 0.1) is 0 Å². The summed E-state index contributed by atoms with van der Waals surface area (Å²) in [5, 5.41) is 2.92. The molecule has 0 saturated heterocycles. The number of nitrogens with one attached hydrogen (secondary N) is 1. The van der Waals surface area contributed by atoms with E-state index in [1.165, 1.54) is 17.1 Å². The van der Waals surface area contributed by atoms with Crippen molar-refractivity contribution >= 4 is 17.7 Å². The van der Waals surface area contributed by atoms with Crippen molar-refractivity contribution in [2.45, 2.75) is 51.7 Å². The van der Waals surface area contributed by atoms with Gasteiger partial charge in [0.15, 0.2) is 11.5 Å². The first-order chi connectivity index (χ1) is 13.3.